The lowest BCUT2D eigenvalue weighted by Crippen LogP contribution is -2.46. The summed E-state index contributed by atoms with van der Waals surface area (Å²) in [4.78, 5) is 15.2. The zero-order valence-corrected chi connectivity index (χ0v) is 17.0. The lowest BCUT2D eigenvalue weighted by Gasteiger charge is -2.56. The van der Waals surface area contributed by atoms with Gasteiger partial charge in [-0.15, -0.1) is 0 Å². The third kappa shape index (κ3) is 6.73. The molecule has 0 aromatic carbocycles. The van der Waals surface area contributed by atoms with Crippen molar-refractivity contribution in [2.24, 2.45) is 28.3 Å². The van der Waals surface area contributed by atoms with Gasteiger partial charge in [-0.2, -0.15) is 0 Å². The van der Waals surface area contributed by atoms with Gasteiger partial charge in [0.1, 0.15) is 5.78 Å². The Morgan fingerprint density at radius 3 is 2.00 bits per heavy atom. The van der Waals surface area contributed by atoms with E-state index in [0.29, 0.717) is 63.8 Å². The van der Waals surface area contributed by atoms with E-state index in [0.717, 1.165) is 30.6 Å². The average Bonchev–Trinajstić information content (AvgIpc) is 2.64. The summed E-state index contributed by atoms with van der Waals surface area (Å²) in [5.74, 6) is 3.19. The van der Waals surface area contributed by atoms with Crippen molar-refractivity contribution in [1.29, 1.82) is 0 Å². The van der Waals surface area contributed by atoms with Crippen LogP contribution in [0.15, 0.2) is 5.11 Å². The summed E-state index contributed by atoms with van der Waals surface area (Å²) in [5, 5.41) is 3.38. The monoisotopic (exact) mass is 393 g/mol. The largest absolute Gasteiger partial charge is 0.379 e. The number of azide groups is 1. The van der Waals surface area contributed by atoms with Gasteiger partial charge in [0, 0.05) is 30.9 Å². The molecule has 4 bridgehead atoms. The summed E-state index contributed by atoms with van der Waals surface area (Å²) in [6.07, 6.45) is 10.5. The Hall–Kier alpha value is -1.14. The number of ether oxygens (including phenoxy) is 3. The van der Waals surface area contributed by atoms with E-state index in [2.05, 4.69) is 10.0 Å². The SMILES string of the molecule is [N-]=[N+]=NCCOCCOCCOCCCC(=O)CC12CC3CC(CC(C3)C1)C2. The molecule has 0 N–H and O–H groups in total. The molecule has 7 nitrogen and oxygen atoms in total. The van der Waals surface area contributed by atoms with E-state index in [4.69, 9.17) is 19.7 Å². The fraction of sp³-hybridized carbons (Fsp3) is 0.952. The molecule has 0 unspecified atom stereocenters. The number of carbonyl (C=O) groups is 1. The molecule has 0 spiro atoms. The van der Waals surface area contributed by atoms with Crippen LogP contribution in [0, 0.1) is 23.2 Å². The van der Waals surface area contributed by atoms with Gasteiger partial charge in [-0.3, -0.25) is 4.79 Å². The molecule has 0 saturated heterocycles. The van der Waals surface area contributed by atoms with Crippen LogP contribution in [0.5, 0.6) is 0 Å². The molecule has 0 aliphatic heterocycles. The molecule has 4 aliphatic rings. The molecule has 0 atom stereocenters. The van der Waals surface area contributed by atoms with Gasteiger partial charge >= 0.3 is 0 Å². The van der Waals surface area contributed by atoms with Gasteiger partial charge in [-0.05, 0) is 73.6 Å². The zero-order chi connectivity index (χ0) is 19.7. The number of rotatable bonds is 15. The molecule has 4 aliphatic carbocycles. The smallest absolute Gasteiger partial charge is 0.133 e. The van der Waals surface area contributed by atoms with Crippen LogP contribution in [-0.4, -0.2) is 52.0 Å². The third-order valence-corrected chi connectivity index (χ3v) is 6.62. The Morgan fingerprint density at radius 2 is 1.43 bits per heavy atom. The van der Waals surface area contributed by atoms with Gasteiger partial charge in [0.2, 0.25) is 0 Å². The van der Waals surface area contributed by atoms with Gasteiger partial charge in [0.15, 0.2) is 0 Å². The minimum Gasteiger partial charge on any atom is -0.379 e. The van der Waals surface area contributed by atoms with Crippen LogP contribution in [0.2, 0.25) is 0 Å². The molecular weight excluding hydrogens is 358 g/mol. The maximum atomic E-state index is 12.5. The average molecular weight is 394 g/mol. The summed E-state index contributed by atoms with van der Waals surface area (Å²) in [6.45, 7) is 3.45. The van der Waals surface area contributed by atoms with Gasteiger partial charge in [-0.25, -0.2) is 0 Å². The van der Waals surface area contributed by atoms with Crippen LogP contribution in [0.3, 0.4) is 0 Å². The first kappa shape index (κ1) is 21.6. The molecule has 158 valence electrons. The van der Waals surface area contributed by atoms with Gasteiger partial charge < -0.3 is 14.2 Å². The third-order valence-electron chi connectivity index (χ3n) is 6.62. The fourth-order valence-electron chi connectivity index (χ4n) is 6.08. The van der Waals surface area contributed by atoms with E-state index in [1.54, 1.807) is 0 Å². The summed E-state index contributed by atoms with van der Waals surface area (Å²) in [6, 6.07) is 0. The van der Waals surface area contributed by atoms with E-state index in [9.17, 15) is 4.79 Å². The first-order valence-electron chi connectivity index (χ1n) is 10.9. The summed E-state index contributed by atoms with van der Waals surface area (Å²) < 4.78 is 16.2. The predicted octanol–water partition coefficient (Wildman–Crippen LogP) is 4.30. The number of hydrogen-bond donors (Lipinski definition) is 0. The van der Waals surface area contributed by atoms with Gasteiger partial charge in [0.25, 0.3) is 0 Å². The maximum Gasteiger partial charge on any atom is 0.133 e. The Bertz CT molecular complexity index is 512. The normalized spacial score (nSPS) is 30.4. The minimum atomic E-state index is 0.348. The van der Waals surface area contributed by atoms with Crippen molar-refractivity contribution >= 4 is 5.78 Å². The molecule has 7 heteroatoms. The quantitative estimate of drug-likeness (QED) is 0.179. The zero-order valence-electron chi connectivity index (χ0n) is 17.0. The number of Topliss-reactive ketones (excluding diaryl/α,β-unsaturated/α-hetero) is 1. The van der Waals surface area contributed by atoms with Crippen molar-refractivity contribution < 1.29 is 19.0 Å². The van der Waals surface area contributed by atoms with Crippen LogP contribution in [-0.2, 0) is 19.0 Å². The first-order chi connectivity index (χ1) is 13.7. The Morgan fingerprint density at radius 1 is 0.893 bits per heavy atom. The highest BCUT2D eigenvalue weighted by Crippen LogP contribution is 2.61. The second-order valence-corrected chi connectivity index (χ2v) is 9.03. The van der Waals surface area contributed by atoms with Crippen molar-refractivity contribution in [2.45, 2.75) is 57.8 Å². The highest BCUT2D eigenvalue weighted by atomic mass is 16.5. The molecular formula is C21H35N3O4. The van der Waals surface area contributed by atoms with Gasteiger partial charge in [0.05, 0.1) is 33.0 Å². The molecule has 0 radical (unpaired) electrons. The van der Waals surface area contributed by atoms with E-state index in [-0.39, 0.29) is 0 Å². The van der Waals surface area contributed by atoms with Crippen molar-refractivity contribution in [3.05, 3.63) is 10.4 Å². The van der Waals surface area contributed by atoms with Crippen LogP contribution in [0.1, 0.15) is 57.8 Å². The van der Waals surface area contributed by atoms with Gasteiger partial charge in [-0.1, -0.05) is 5.11 Å². The topological polar surface area (TPSA) is 93.5 Å². The Labute approximate surface area is 168 Å². The Balaban J connectivity index is 1.15. The van der Waals surface area contributed by atoms with E-state index in [1.807, 2.05) is 0 Å². The fourth-order valence-corrected chi connectivity index (χ4v) is 6.08. The number of nitrogens with zero attached hydrogens (tertiary/aromatic N) is 3. The Kier molecular flexibility index (Phi) is 8.59. The van der Waals surface area contributed by atoms with E-state index >= 15 is 0 Å². The summed E-state index contributed by atoms with van der Waals surface area (Å²) >= 11 is 0. The number of hydrogen-bond acceptors (Lipinski definition) is 5. The molecule has 4 saturated carbocycles. The lowest BCUT2D eigenvalue weighted by atomic mass is 9.48. The lowest BCUT2D eigenvalue weighted by molar-refractivity contribution is -0.127. The molecule has 0 aromatic heterocycles. The van der Waals surface area contributed by atoms with Crippen molar-refractivity contribution in [2.75, 3.05) is 46.2 Å². The number of carbonyl (C=O) groups excluding carboxylic acids is 1. The van der Waals surface area contributed by atoms with Crippen LogP contribution >= 0.6 is 0 Å². The molecule has 0 aromatic rings. The van der Waals surface area contributed by atoms with E-state index < -0.39 is 0 Å². The molecule has 4 fully saturated rings. The first-order valence-corrected chi connectivity index (χ1v) is 10.9. The predicted molar refractivity (Wildman–Crippen MR) is 106 cm³/mol. The summed E-state index contributed by atoms with van der Waals surface area (Å²) in [5.41, 5.74) is 8.49. The van der Waals surface area contributed by atoms with Crippen LogP contribution in [0.4, 0.5) is 0 Å². The second-order valence-electron chi connectivity index (χ2n) is 9.03. The highest BCUT2D eigenvalue weighted by Gasteiger charge is 2.51. The van der Waals surface area contributed by atoms with Crippen molar-refractivity contribution in [3.63, 3.8) is 0 Å². The van der Waals surface area contributed by atoms with Crippen molar-refractivity contribution in [3.8, 4) is 0 Å². The van der Waals surface area contributed by atoms with E-state index in [1.165, 1.54) is 38.5 Å². The molecule has 4 rings (SSSR count). The standard InChI is InChI=1S/C21H35N3O4/c22-24-23-3-5-27-7-9-28-8-6-26-4-1-2-20(25)16-21-13-17-10-18(14-21)12-19(11-17)15-21/h17-19H,1-16H2. The maximum absolute atomic E-state index is 12.5. The molecule has 0 amide bonds. The van der Waals surface area contributed by atoms with Crippen LogP contribution in [0.25, 0.3) is 10.4 Å². The molecule has 0 heterocycles. The summed E-state index contributed by atoms with van der Waals surface area (Å²) in [7, 11) is 0. The van der Waals surface area contributed by atoms with Crippen molar-refractivity contribution in [1.82, 2.24) is 0 Å². The molecule has 28 heavy (non-hydrogen) atoms. The number of ketones is 1. The minimum absolute atomic E-state index is 0.348. The second kappa shape index (κ2) is 11.1. The highest BCUT2D eigenvalue weighted by molar-refractivity contribution is 5.79. The van der Waals surface area contributed by atoms with Crippen LogP contribution < -0.4 is 0 Å².